The number of furan rings is 1. The third-order valence-corrected chi connectivity index (χ3v) is 4.06. The molecule has 0 spiro atoms. The fraction of sp³-hybridized carbons (Fsp3) is 0.389. The molecule has 1 aliphatic rings. The van der Waals surface area contributed by atoms with Crippen molar-refractivity contribution in [2.45, 2.75) is 32.8 Å². The van der Waals surface area contributed by atoms with E-state index in [2.05, 4.69) is 10.6 Å². The molecule has 1 atom stereocenters. The standard InChI is InChI=1S/C18H21FN2O3/c1-11-8-15(12(2)24-11)18(22)21-13-5-6-17(16(19)9-13)20-10-14-4-3-7-23-14/h5-6,8-9,14,20H,3-4,7,10H2,1-2H3,(H,21,22). The lowest BCUT2D eigenvalue weighted by Gasteiger charge is -2.13. The van der Waals surface area contributed by atoms with Gasteiger partial charge in [-0.3, -0.25) is 4.79 Å². The average Bonchev–Trinajstić information content (AvgIpc) is 3.16. The summed E-state index contributed by atoms with van der Waals surface area (Å²) in [4.78, 5) is 12.2. The molecule has 2 heterocycles. The predicted molar refractivity (Wildman–Crippen MR) is 90.0 cm³/mol. The molecule has 0 aliphatic carbocycles. The van der Waals surface area contributed by atoms with E-state index in [1.165, 1.54) is 6.07 Å². The van der Waals surface area contributed by atoms with Gasteiger partial charge in [0.25, 0.3) is 5.91 Å². The number of aryl methyl sites for hydroxylation is 2. The Bertz CT molecular complexity index is 736. The van der Waals surface area contributed by atoms with Crippen LogP contribution in [-0.2, 0) is 4.74 Å². The Morgan fingerprint density at radius 1 is 1.33 bits per heavy atom. The van der Waals surface area contributed by atoms with Crippen LogP contribution in [0.4, 0.5) is 15.8 Å². The largest absolute Gasteiger partial charge is 0.466 e. The minimum Gasteiger partial charge on any atom is -0.466 e. The third-order valence-electron chi connectivity index (χ3n) is 4.06. The van der Waals surface area contributed by atoms with Gasteiger partial charge in [-0.05, 0) is 51.0 Å². The average molecular weight is 332 g/mol. The molecule has 3 rings (SSSR count). The summed E-state index contributed by atoms with van der Waals surface area (Å²) in [6.07, 6.45) is 2.18. The number of nitrogens with one attached hydrogen (secondary N) is 2. The summed E-state index contributed by atoms with van der Waals surface area (Å²) in [5.74, 6) is 0.479. The Morgan fingerprint density at radius 3 is 2.79 bits per heavy atom. The van der Waals surface area contributed by atoms with Crippen molar-refractivity contribution < 1.29 is 18.3 Å². The zero-order valence-corrected chi connectivity index (χ0v) is 13.8. The van der Waals surface area contributed by atoms with Gasteiger partial charge in [-0.25, -0.2) is 4.39 Å². The first-order chi connectivity index (χ1) is 11.5. The van der Waals surface area contributed by atoms with Crippen molar-refractivity contribution in [3.05, 3.63) is 47.2 Å². The van der Waals surface area contributed by atoms with E-state index >= 15 is 0 Å². The maximum Gasteiger partial charge on any atom is 0.259 e. The Morgan fingerprint density at radius 2 is 2.17 bits per heavy atom. The van der Waals surface area contributed by atoms with Crippen LogP contribution in [0.15, 0.2) is 28.7 Å². The van der Waals surface area contributed by atoms with Gasteiger partial charge in [-0.15, -0.1) is 0 Å². The van der Waals surface area contributed by atoms with Crippen molar-refractivity contribution in [3.63, 3.8) is 0 Å². The molecule has 0 bridgehead atoms. The van der Waals surface area contributed by atoms with E-state index in [0.29, 0.717) is 35.0 Å². The smallest absolute Gasteiger partial charge is 0.259 e. The molecule has 1 amide bonds. The number of anilines is 2. The lowest BCUT2D eigenvalue weighted by Crippen LogP contribution is -2.19. The fourth-order valence-electron chi connectivity index (χ4n) is 2.82. The van der Waals surface area contributed by atoms with Crippen molar-refractivity contribution in [1.82, 2.24) is 0 Å². The fourth-order valence-corrected chi connectivity index (χ4v) is 2.82. The van der Waals surface area contributed by atoms with Crippen molar-refractivity contribution in [1.29, 1.82) is 0 Å². The van der Waals surface area contributed by atoms with E-state index in [-0.39, 0.29) is 12.0 Å². The van der Waals surface area contributed by atoms with E-state index in [9.17, 15) is 9.18 Å². The van der Waals surface area contributed by atoms with E-state index in [0.717, 1.165) is 19.4 Å². The summed E-state index contributed by atoms with van der Waals surface area (Å²) in [5, 5.41) is 5.74. The van der Waals surface area contributed by atoms with Crippen LogP contribution in [-0.4, -0.2) is 25.2 Å². The van der Waals surface area contributed by atoms with E-state index < -0.39 is 5.82 Å². The van der Waals surface area contributed by atoms with Crippen LogP contribution in [0.5, 0.6) is 0 Å². The summed E-state index contributed by atoms with van der Waals surface area (Å²) < 4.78 is 25.0. The summed E-state index contributed by atoms with van der Waals surface area (Å²) in [6.45, 7) is 4.85. The molecule has 5 nitrogen and oxygen atoms in total. The molecule has 1 saturated heterocycles. The molecule has 24 heavy (non-hydrogen) atoms. The van der Waals surface area contributed by atoms with E-state index in [1.807, 2.05) is 0 Å². The number of amides is 1. The van der Waals surface area contributed by atoms with Gasteiger partial charge in [0.15, 0.2) is 0 Å². The maximum atomic E-state index is 14.2. The topological polar surface area (TPSA) is 63.5 Å². The molecule has 1 aromatic heterocycles. The SMILES string of the molecule is Cc1cc(C(=O)Nc2ccc(NCC3CCCO3)c(F)c2)c(C)o1. The lowest BCUT2D eigenvalue weighted by molar-refractivity contribution is 0.102. The Hall–Kier alpha value is -2.34. The minimum absolute atomic E-state index is 0.135. The first-order valence-electron chi connectivity index (χ1n) is 8.06. The Balaban J connectivity index is 1.63. The number of carbonyl (C=O) groups is 1. The second-order valence-corrected chi connectivity index (χ2v) is 5.99. The van der Waals surface area contributed by atoms with Crippen molar-refractivity contribution in [2.24, 2.45) is 0 Å². The lowest BCUT2D eigenvalue weighted by atomic mass is 10.2. The van der Waals surface area contributed by atoms with Crippen LogP contribution >= 0.6 is 0 Å². The van der Waals surface area contributed by atoms with Crippen molar-refractivity contribution in [2.75, 3.05) is 23.8 Å². The van der Waals surface area contributed by atoms with Gasteiger partial charge in [0.05, 0.1) is 17.4 Å². The molecule has 128 valence electrons. The maximum absolute atomic E-state index is 14.2. The van der Waals surface area contributed by atoms with E-state index in [1.54, 1.807) is 32.0 Å². The van der Waals surface area contributed by atoms with Crippen molar-refractivity contribution >= 4 is 17.3 Å². The van der Waals surface area contributed by atoms with Crippen LogP contribution < -0.4 is 10.6 Å². The first-order valence-corrected chi connectivity index (χ1v) is 8.06. The number of ether oxygens (including phenoxy) is 1. The zero-order valence-electron chi connectivity index (χ0n) is 13.8. The first kappa shape index (κ1) is 16.5. The minimum atomic E-state index is -0.411. The second-order valence-electron chi connectivity index (χ2n) is 5.99. The van der Waals surface area contributed by atoms with E-state index in [4.69, 9.17) is 9.15 Å². The van der Waals surface area contributed by atoms with Gasteiger partial charge in [0, 0.05) is 18.8 Å². The second kappa shape index (κ2) is 7.05. The molecule has 1 aromatic carbocycles. The number of hydrogen-bond acceptors (Lipinski definition) is 4. The Labute approximate surface area is 140 Å². The number of rotatable bonds is 5. The van der Waals surface area contributed by atoms with Crippen LogP contribution in [0, 0.1) is 19.7 Å². The molecule has 6 heteroatoms. The zero-order chi connectivity index (χ0) is 17.1. The van der Waals surface area contributed by atoms with Gasteiger partial charge in [0.1, 0.15) is 17.3 Å². The van der Waals surface area contributed by atoms with Gasteiger partial charge in [-0.1, -0.05) is 0 Å². The highest BCUT2D eigenvalue weighted by molar-refractivity contribution is 6.05. The molecular formula is C18H21FN2O3. The Kier molecular flexibility index (Phi) is 4.85. The highest BCUT2D eigenvalue weighted by atomic mass is 19.1. The predicted octanol–water partition coefficient (Wildman–Crippen LogP) is 3.88. The third kappa shape index (κ3) is 3.76. The van der Waals surface area contributed by atoms with Gasteiger partial charge >= 0.3 is 0 Å². The monoisotopic (exact) mass is 332 g/mol. The number of halogens is 1. The van der Waals surface area contributed by atoms with Gasteiger partial charge in [-0.2, -0.15) is 0 Å². The molecule has 1 aliphatic heterocycles. The molecule has 2 aromatic rings. The van der Waals surface area contributed by atoms with Crippen molar-refractivity contribution in [3.8, 4) is 0 Å². The summed E-state index contributed by atoms with van der Waals surface area (Å²) >= 11 is 0. The highest BCUT2D eigenvalue weighted by Gasteiger charge is 2.17. The van der Waals surface area contributed by atoms with Crippen LogP contribution in [0.2, 0.25) is 0 Å². The summed E-state index contributed by atoms with van der Waals surface area (Å²) in [7, 11) is 0. The number of carbonyl (C=O) groups excluding carboxylic acids is 1. The van der Waals surface area contributed by atoms with Crippen LogP contribution in [0.3, 0.4) is 0 Å². The molecule has 0 saturated carbocycles. The van der Waals surface area contributed by atoms with Gasteiger partial charge < -0.3 is 19.8 Å². The van der Waals surface area contributed by atoms with Gasteiger partial charge in [0.2, 0.25) is 0 Å². The number of benzene rings is 1. The quantitative estimate of drug-likeness (QED) is 0.872. The van der Waals surface area contributed by atoms with Crippen LogP contribution in [0.25, 0.3) is 0 Å². The normalized spacial score (nSPS) is 17.0. The molecule has 2 N–H and O–H groups in total. The van der Waals surface area contributed by atoms with Crippen LogP contribution in [0.1, 0.15) is 34.7 Å². The molecule has 1 unspecified atom stereocenters. The molecule has 0 radical (unpaired) electrons. The molecular weight excluding hydrogens is 311 g/mol. The summed E-state index contributed by atoms with van der Waals surface area (Å²) in [5.41, 5.74) is 1.26. The number of hydrogen-bond donors (Lipinski definition) is 2. The highest BCUT2D eigenvalue weighted by Crippen LogP contribution is 2.22. The molecule has 1 fully saturated rings. The summed E-state index contributed by atoms with van der Waals surface area (Å²) in [6, 6.07) is 6.25.